The number of rotatable bonds is 7. The molecule has 1 aliphatic rings. The van der Waals surface area contributed by atoms with E-state index in [9.17, 15) is 8.78 Å². The lowest BCUT2D eigenvalue weighted by Gasteiger charge is -2.13. The van der Waals surface area contributed by atoms with Gasteiger partial charge in [0.05, 0.1) is 6.54 Å². The third kappa shape index (κ3) is 5.79. The average molecular weight is 376 g/mol. The van der Waals surface area contributed by atoms with Crippen molar-refractivity contribution in [1.29, 1.82) is 0 Å². The highest BCUT2D eigenvalue weighted by atomic mass is 79.9. The molecule has 0 spiro atoms. The van der Waals surface area contributed by atoms with E-state index in [2.05, 4.69) is 36.3 Å². The van der Waals surface area contributed by atoms with Gasteiger partial charge in [0.2, 0.25) is 0 Å². The summed E-state index contributed by atoms with van der Waals surface area (Å²) in [5, 5.41) is 6.41. The first-order valence-electron chi connectivity index (χ1n) is 7.34. The van der Waals surface area contributed by atoms with Crippen LogP contribution in [0.2, 0.25) is 0 Å². The van der Waals surface area contributed by atoms with E-state index in [1.165, 1.54) is 18.9 Å². The zero-order valence-electron chi connectivity index (χ0n) is 12.4. The molecule has 1 fully saturated rings. The fraction of sp³-hybridized carbons (Fsp3) is 0.533. The number of benzene rings is 1. The molecular weight excluding hydrogens is 356 g/mol. The average Bonchev–Trinajstić information content (AvgIpc) is 3.28. The molecule has 1 aromatic rings. The van der Waals surface area contributed by atoms with Crippen LogP contribution in [0.3, 0.4) is 0 Å². The van der Waals surface area contributed by atoms with Crippen molar-refractivity contribution in [1.82, 2.24) is 10.6 Å². The molecule has 0 saturated heterocycles. The molecule has 22 heavy (non-hydrogen) atoms. The highest BCUT2D eigenvalue weighted by Crippen LogP contribution is 2.27. The predicted octanol–water partition coefficient (Wildman–Crippen LogP) is 3.52. The molecule has 122 valence electrons. The van der Waals surface area contributed by atoms with Crippen molar-refractivity contribution in [2.75, 3.05) is 13.1 Å². The maximum atomic E-state index is 12.4. The molecule has 2 N–H and O–H groups in total. The zero-order valence-corrected chi connectivity index (χ0v) is 14.0. The van der Waals surface area contributed by atoms with Gasteiger partial charge in [-0.25, -0.2) is 4.99 Å². The fourth-order valence-corrected chi connectivity index (χ4v) is 2.36. The lowest BCUT2D eigenvalue weighted by atomic mass is 10.2. The molecule has 1 aliphatic carbocycles. The van der Waals surface area contributed by atoms with Gasteiger partial charge in [0, 0.05) is 23.1 Å². The van der Waals surface area contributed by atoms with E-state index in [1.54, 1.807) is 12.1 Å². The highest BCUT2D eigenvalue weighted by molar-refractivity contribution is 9.10. The molecule has 0 atom stereocenters. The predicted molar refractivity (Wildman–Crippen MR) is 86.3 cm³/mol. The third-order valence-corrected chi connectivity index (χ3v) is 3.74. The second kappa shape index (κ2) is 8.31. The molecule has 0 aliphatic heterocycles. The van der Waals surface area contributed by atoms with E-state index in [1.807, 2.05) is 6.92 Å². The molecule has 0 heterocycles. The maximum Gasteiger partial charge on any atom is 0.387 e. The van der Waals surface area contributed by atoms with Gasteiger partial charge < -0.3 is 15.4 Å². The van der Waals surface area contributed by atoms with Crippen molar-refractivity contribution in [3.8, 4) is 5.75 Å². The Hall–Kier alpha value is -1.37. The second-order valence-electron chi connectivity index (χ2n) is 5.15. The van der Waals surface area contributed by atoms with Gasteiger partial charge in [-0.1, -0.05) is 15.9 Å². The summed E-state index contributed by atoms with van der Waals surface area (Å²) in [5.74, 6) is 1.57. The van der Waals surface area contributed by atoms with Crippen LogP contribution in [-0.4, -0.2) is 25.7 Å². The van der Waals surface area contributed by atoms with Gasteiger partial charge in [-0.15, -0.1) is 0 Å². The van der Waals surface area contributed by atoms with Gasteiger partial charge in [0.25, 0.3) is 0 Å². The van der Waals surface area contributed by atoms with Crippen molar-refractivity contribution < 1.29 is 13.5 Å². The number of halogens is 3. The standard InChI is InChI=1S/C15H20BrF2N3O/c1-2-19-15(20-8-10-3-4-10)21-9-11-7-12(16)5-6-13(11)22-14(17)18/h5-7,10,14H,2-4,8-9H2,1H3,(H2,19,20,21). The highest BCUT2D eigenvalue weighted by Gasteiger charge is 2.21. The first-order chi connectivity index (χ1) is 10.6. The van der Waals surface area contributed by atoms with E-state index in [0.717, 1.165) is 23.5 Å². The Balaban J connectivity index is 2.04. The first kappa shape index (κ1) is 17.0. The molecule has 1 saturated carbocycles. The number of nitrogens with zero attached hydrogens (tertiary/aromatic N) is 1. The van der Waals surface area contributed by atoms with Gasteiger partial charge in [-0.05, 0) is 43.9 Å². The number of hydrogen-bond donors (Lipinski definition) is 2. The number of aliphatic imine (C=N–C) groups is 1. The first-order valence-corrected chi connectivity index (χ1v) is 8.13. The van der Waals surface area contributed by atoms with Crippen LogP contribution in [0.5, 0.6) is 5.75 Å². The topological polar surface area (TPSA) is 45.7 Å². The molecule has 0 amide bonds. The Morgan fingerprint density at radius 1 is 1.41 bits per heavy atom. The Morgan fingerprint density at radius 2 is 2.18 bits per heavy atom. The van der Waals surface area contributed by atoms with Crippen LogP contribution in [-0.2, 0) is 6.54 Å². The van der Waals surface area contributed by atoms with Crippen molar-refractivity contribution in [3.63, 3.8) is 0 Å². The van der Waals surface area contributed by atoms with Crippen LogP contribution in [0.1, 0.15) is 25.3 Å². The molecule has 2 rings (SSSR count). The zero-order chi connectivity index (χ0) is 15.9. The smallest absolute Gasteiger partial charge is 0.387 e. The molecule has 0 unspecified atom stereocenters. The molecular formula is C15H20BrF2N3O. The van der Waals surface area contributed by atoms with E-state index in [-0.39, 0.29) is 12.3 Å². The van der Waals surface area contributed by atoms with Crippen LogP contribution >= 0.6 is 15.9 Å². The van der Waals surface area contributed by atoms with E-state index >= 15 is 0 Å². The van der Waals surface area contributed by atoms with Crippen LogP contribution in [0.25, 0.3) is 0 Å². The van der Waals surface area contributed by atoms with Crippen LogP contribution in [0, 0.1) is 5.92 Å². The van der Waals surface area contributed by atoms with Gasteiger partial charge in [-0.2, -0.15) is 8.78 Å². The number of nitrogens with one attached hydrogen (secondary N) is 2. The summed E-state index contributed by atoms with van der Waals surface area (Å²) >= 11 is 3.34. The molecule has 0 radical (unpaired) electrons. The summed E-state index contributed by atoms with van der Waals surface area (Å²) in [6, 6.07) is 4.93. The van der Waals surface area contributed by atoms with Crippen molar-refractivity contribution in [2.24, 2.45) is 10.9 Å². The summed E-state index contributed by atoms with van der Waals surface area (Å²) in [7, 11) is 0. The SMILES string of the molecule is CCNC(=NCc1cc(Br)ccc1OC(F)F)NCC1CC1. The minimum atomic E-state index is -2.84. The Morgan fingerprint density at radius 3 is 2.82 bits per heavy atom. The third-order valence-electron chi connectivity index (χ3n) is 3.25. The fourth-order valence-electron chi connectivity index (χ4n) is 1.95. The summed E-state index contributed by atoms with van der Waals surface area (Å²) in [6.45, 7) is 1.05. The van der Waals surface area contributed by atoms with Gasteiger partial charge >= 0.3 is 6.61 Å². The molecule has 0 bridgehead atoms. The molecule has 7 heteroatoms. The Labute approximate surface area is 137 Å². The summed E-state index contributed by atoms with van der Waals surface area (Å²) in [6.07, 6.45) is 2.51. The van der Waals surface area contributed by atoms with Crippen molar-refractivity contribution in [3.05, 3.63) is 28.2 Å². The monoisotopic (exact) mass is 375 g/mol. The molecule has 4 nitrogen and oxygen atoms in total. The summed E-state index contributed by atoms with van der Waals surface area (Å²) < 4.78 is 30.2. The minimum absolute atomic E-state index is 0.153. The second-order valence-corrected chi connectivity index (χ2v) is 6.07. The van der Waals surface area contributed by atoms with Gasteiger partial charge in [0.15, 0.2) is 5.96 Å². The van der Waals surface area contributed by atoms with Gasteiger partial charge in [-0.3, -0.25) is 0 Å². The number of hydrogen-bond acceptors (Lipinski definition) is 2. The van der Waals surface area contributed by atoms with Crippen LogP contribution in [0.4, 0.5) is 8.78 Å². The molecule has 1 aromatic carbocycles. The lowest BCUT2D eigenvalue weighted by molar-refractivity contribution is -0.0504. The molecule has 0 aromatic heterocycles. The van der Waals surface area contributed by atoms with Crippen molar-refractivity contribution in [2.45, 2.75) is 32.9 Å². The van der Waals surface area contributed by atoms with E-state index in [4.69, 9.17) is 0 Å². The lowest BCUT2D eigenvalue weighted by Crippen LogP contribution is -2.38. The largest absolute Gasteiger partial charge is 0.434 e. The summed E-state index contributed by atoms with van der Waals surface area (Å²) in [5.41, 5.74) is 0.610. The maximum absolute atomic E-state index is 12.4. The van der Waals surface area contributed by atoms with Crippen LogP contribution in [0.15, 0.2) is 27.7 Å². The normalized spacial score (nSPS) is 15.0. The Kier molecular flexibility index (Phi) is 6.42. The van der Waals surface area contributed by atoms with E-state index in [0.29, 0.717) is 11.5 Å². The van der Waals surface area contributed by atoms with Gasteiger partial charge in [0.1, 0.15) is 5.75 Å². The number of ether oxygens (including phenoxy) is 1. The summed E-state index contributed by atoms with van der Waals surface area (Å²) in [4.78, 5) is 4.44. The quantitative estimate of drug-likeness (QED) is 0.566. The van der Waals surface area contributed by atoms with Crippen LogP contribution < -0.4 is 15.4 Å². The van der Waals surface area contributed by atoms with Crippen molar-refractivity contribution >= 4 is 21.9 Å². The van der Waals surface area contributed by atoms with E-state index < -0.39 is 6.61 Å². The minimum Gasteiger partial charge on any atom is -0.434 e. The Bertz CT molecular complexity index is 522. The number of alkyl halides is 2. The number of guanidine groups is 1.